The Morgan fingerprint density at radius 2 is 0.640 bits per heavy atom. The summed E-state index contributed by atoms with van der Waals surface area (Å²) in [4.78, 5) is 7.63. The molecule has 100 heavy (non-hydrogen) atoms. The summed E-state index contributed by atoms with van der Waals surface area (Å²) in [6.07, 6.45) is 0. The van der Waals surface area contributed by atoms with E-state index in [0.29, 0.717) is 11.5 Å². The molecule has 14 aromatic rings. The van der Waals surface area contributed by atoms with Gasteiger partial charge >= 0.3 is 0 Å². The van der Waals surface area contributed by atoms with E-state index >= 15 is 0 Å². The fourth-order valence-corrected chi connectivity index (χ4v) is 20.3. The van der Waals surface area contributed by atoms with Crippen LogP contribution in [0.4, 0.5) is 17.1 Å². The number of rotatable bonds is 8. The smallest absolute Gasteiger partial charge is 0.178 e. The molecule has 0 fully saturated rings. The lowest BCUT2D eigenvalue weighted by molar-refractivity contribution is 0.361. The molecule has 3 aliphatic heterocycles. The topological polar surface area (TPSA) is 30.9 Å². The van der Waals surface area contributed by atoms with Gasteiger partial charge in [-0.2, -0.15) is 0 Å². The van der Waals surface area contributed by atoms with Crippen molar-refractivity contribution in [1.29, 1.82) is 0 Å². The summed E-state index contributed by atoms with van der Waals surface area (Å²) >= 11 is 3.82. The summed E-state index contributed by atoms with van der Waals surface area (Å²) in [5, 5.41) is 0. The normalized spacial score (nSPS) is 15.4. The first-order valence-electron chi connectivity index (χ1n) is 34.7. The zero-order valence-electron chi connectivity index (χ0n) is 56.3. The third-order valence-corrected chi connectivity index (χ3v) is 25.2. The Bertz CT molecular complexity index is 5520. The van der Waals surface area contributed by atoms with Gasteiger partial charge in [0.2, 0.25) is 0 Å². The Balaban J connectivity index is 0.709. The molecule has 0 N–H and O–H groups in total. The number of hydrogen-bond acceptors (Lipinski definition) is 6. The maximum atomic E-state index is 7.72. The molecule has 0 saturated heterocycles. The molecule has 0 saturated carbocycles. The predicted molar refractivity (Wildman–Crippen MR) is 410 cm³/mol. The van der Waals surface area contributed by atoms with Crippen molar-refractivity contribution in [3.8, 4) is 101 Å². The highest BCUT2D eigenvalue weighted by Crippen LogP contribution is 2.65. The lowest BCUT2D eigenvalue weighted by atomic mass is 9.62. The average Bonchev–Trinajstić information content (AvgIpc) is 1.31. The lowest BCUT2D eigenvalue weighted by Gasteiger charge is -2.43. The quantitative estimate of drug-likeness (QED) is 0.151. The Kier molecular flexibility index (Phi) is 12.8. The molecule has 0 aromatic heterocycles. The number of anilines is 3. The Morgan fingerprint density at radius 1 is 0.250 bits per heavy atom. The highest BCUT2D eigenvalue weighted by atomic mass is 32.2. The number of para-hydroxylation sites is 2. The molecule has 0 atom stereocenters. The van der Waals surface area contributed by atoms with Crippen molar-refractivity contribution in [2.45, 2.75) is 82.8 Å². The SMILES string of the molecule is CC1(C)c2ccccc2-c2c1ccc1c2Oc2c(cccc2-c2ccc(N(c3ccc(-c4cccc5c4Oc4c(ccc6c4-c4ccccc4C6(C)C)C5(c4ccccc4)c4ccccc4)cc3)c3ccc(-c4cccc5c4Sc4c(ccc6c4-c4ccccc4C6(C)C)S5)cc3)cc2)O1. The molecule has 14 aromatic carbocycles. The van der Waals surface area contributed by atoms with Crippen molar-refractivity contribution in [2.24, 2.45) is 0 Å². The second-order valence-electron chi connectivity index (χ2n) is 28.9. The molecule has 3 aliphatic carbocycles. The van der Waals surface area contributed by atoms with Crippen LogP contribution in [0, 0.1) is 0 Å². The number of nitrogens with zero attached hydrogens (tertiary/aromatic N) is 1. The zero-order chi connectivity index (χ0) is 67.0. The van der Waals surface area contributed by atoms with Crippen LogP contribution in [-0.2, 0) is 21.7 Å². The van der Waals surface area contributed by atoms with Crippen LogP contribution in [0.25, 0.3) is 66.8 Å². The molecular formula is C94H67NO3S2. The molecule has 0 unspecified atom stereocenters. The molecule has 20 rings (SSSR count). The van der Waals surface area contributed by atoms with E-state index in [4.69, 9.17) is 14.2 Å². The zero-order valence-corrected chi connectivity index (χ0v) is 57.9. The van der Waals surface area contributed by atoms with Crippen molar-refractivity contribution in [3.05, 3.63) is 353 Å². The summed E-state index contributed by atoms with van der Waals surface area (Å²) in [5.74, 6) is 4.66. The number of ether oxygens (including phenoxy) is 3. The van der Waals surface area contributed by atoms with Gasteiger partial charge in [0.15, 0.2) is 23.0 Å². The molecule has 6 aliphatic rings. The molecule has 4 nitrogen and oxygen atoms in total. The molecule has 3 heterocycles. The maximum absolute atomic E-state index is 7.72. The molecule has 0 spiro atoms. The van der Waals surface area contributed by atoms with E-state index in [1.54, 1.807) is 0 Å². The monoisotopic (exact) mass is 1320 g/mol. The van der Waals surface area contributed by atoms with Crippen molar-refractivity contribution in [3.63, 3.8) is 0 Å². The van der Waals surface area contributed by atoms with Gasteiger partial charge in [0, 0.05) is 91.8 Å². The summed E-state index contributed by atoms with van der Waals surface area (Å²) < 4.78 is 21.7. The fraction of sp³-hybridized carbons (Fsp3) is 0.106. The maximum Gasteiger partial charge on any atom is 0.178 e. The first-order chi connectivity index (χ1) is 48.8. The van der Waals surface area contributed by atoms with Gasteiger partial charge in [-0.25, -0.2) is 0 Å². The first kappa shape index (κ1) is 59.1. The lowest BCUT2D eigenvalue weighted by Crippen LogP contribution is -2.34. The van der Waals surface area contributed by atoms with Gasteiger partial charge in [-0.15, -0.1) is 0 Å². The highest BCUT2D eigenvalue weighted by Gasteiger charge is 2.50. The standard InChI is InChI=1S/C94H67NO3S2/c1-91(2)70-32-16-13-26-67(70)82-73(91)50-51-77-87(82)97-85-64(29-19-35-76(85)94(77,59-22-9-7-10-23-59)60-24-11-8-12-25-60)56-38-44-61(45-39-56)95(62-46-40-57(41-47-62)65-30-20-36-78-86(65)98-88-79(96-78)54-52-74-83(88)68-27-14-17-33-71(68)92(74,3)4)63-48-42-58(43-49-63)66-31-21-37-80-89(66)100-90-81(99-80)55-53-75-84(90)69-28-15-18-34-72(69)93(75,5)6/h7-55H,1-6H3. The predicted octanol–water partition coefficient (Wildman–Crippen LogP) is 26.1. The third kappa shape index (κ3) is 8.38. The van der Waals surface area contributed by atoms with Gasteiger partial charge in [-0.1, -0.05) is 302 Å². The molecule has 0 amide bonds. The van der Waals surface area contributed by atoms with Gasteiger partial charge in [0.1, 0.15) is 11.5 Å². The molecule has 478 valence electrons. The minimum Gasteiger partial charge on any atom is -0.455 e. The van der Waals surface area contributed by atoms with Gasteiger partial charge in [0.25, 0.3) is 0 Å². The molecule has 0 bridgehead atoms. The van der Waals surface area contributed by atoms with Crippen molar-refractivity contribution >= 4 is 40.6 Å². The Hall–Kier alpha value is -11.0. The Morgan fingerprint density at radius 3 is 1.22 bits per heavy atom. The van der Waals surface area contributed by atoms with E-state index in [-0.39, 0.29) is 16.2 Å². The van der Waals surface area contributed by atoms with Crippen LogP contribution in [0.3, 0.4) is 0 Å². The number of fused-ring (bicyclic) bond motifs is 18. The largest absolute Gasteiger partial charge is 0.455 e. The van der Waals surface area contributed by atoms with E-state index in [2.05, 4.69) is 338 Å². The van der Waals surface area contributed by atoms with Crippen LogP contribution in [0.5, 0.6) is 34.5 Å². The first-order valence-corrected chi connectivity index (χ1v) is 36.3. The summed E-state index contributed by atoms with van der Waals surface area (Å²) in [7, 11) is 0. The summed E-state index contributed by atoms with van der Waals surface area (Å²) in [6, 6.07) is 109. The average molecular weight is 1320 g/mol. The van der Waals surface area contributed by atoms with Crippen LogP contribution in [0.15, 0.2) is 317 Å². The van der Waals surface area contributed by atoms with E-state index < -0.39 is 5.41 Å². The third-order valence-electron chi connectivity index (χ3n) is 22.6. The molecule has 6 heteroatoms. The molecular weight excluding hydrogens is 1260 g/mol. The van der Waals surface area contributed by atoms with Crippen LogP contribution in [0.2, 0.25) is 0 Å². The van der Waals surface area contributed by atoms with Gasteiger partial charge in [-0.05, 0) is 144 Å². The van der Waals surface area contributed by atoms with Gasteiger partial charge in [-0.3, -0.25) is 0 Å². The number of hydrogen-bond donors (Lipinski definition) is 0. The minimum absolute atomic E-state index is 0.0795. The van der Waals surface area contributed by atoms with Crippen molar-refractivity contribution in [2.75, 3.05) is 4.90 Å². The van der Waals surface area contributed by atoms with Crippen molar-refractivity contribution < 1.29 is 14.2 Å². The summed E-state index contributed by atoms with van der Waals surface area (Å²) in [6.45, 7) is 14.0. The Labute approximate surface area is 592 Å². The van der Waals surface area contributed by atoms with Crippen LogP contribution < -0.4 is 19.1 Å². The van der Waals surface area contributed by atoms with Crippen LogP contribution >= 0.6 is 23.5 Å². The second-order valence-corrected chi connectivity index (χ2v) is 31.0. The van der Waals surface area contributed by atoms with Crippen molar-refractivity contribution in [1.82, 2.24) is 0 Å². The van der Waals surface area contributed by atoms with Gasteiger partial charge in [0.05, 0.1) is 5.41 Å². The van der Waals surface area contributed by atoms with E-state index in [1.165, 1.54) is 103 Å². The summed E-state index contributed by atoms with van der Waals surface area (Å²) in [5.41, 5.74) is 28.2. The van der Waals surface area contributed by atoms with Crippen LogP contribution in [0.1, 0.15) is 97.2 Å². The molecule has 0 radical (unpaired) electrons. The second kappa shape index (κ2) is 21.7. The fourth-order valence-electron chi connectivity index (χ4n) is 17.7. The minimum atomic E-state index is -0.718. The van der Waals surface area contributed by atoms with E-state index in [1.807, 2.05) is 29.6 Å². The number of benzene rings is 14. The van der Waals surface area contributed by atoms with E-state index in [0.717, 1.165) is 79.0 Å². The van der Waals surface area contributed by atoms with E-state index in [9.17, 15) is 0 Å². The van der Waals surface area contributed by atoms with Crippen LogP contribution in [-0.4, -0.2) is 0 Å². The highest BCUT2D eigenvalue weighted by molar-refractivity contribution is 8.05. The van der Waals surface area contributed by atoms with Gasteiger partial charge < -0.3 is 19.1 Å².